The number of nitrogens with one attached hydrogen (secondary N) is 5. The maximum Gasteiger partial charge on any atom is 0.323 e. The molecule has 1 saturated heterocycles. The Morgan fingerprint density at radius 2 is 1.58 bits per heavy atom. The first kappa shape index (κ1) is 40.5. The van der Waals surface area contributed by atoms with E-state index < -0.39 is 11.9 Å². The highest BCUT2D eigenvalue weighted by molar-refractivity contribution is 7.99. The lowest BCUT2D eigenvalue weighted by atomic mass is 9.86. The number of urea groups is 1. The summed E-state index contributed by atoms with van der Waals surface area (Å²) < 4.78 is 26.2. The molecule has 2 heterocycles. The number of carbonyl (C=O) groups is 3. The summed E-state index contributed by atoms with van der Waals surface area (Å²) in [5, 5.41) is 13.5. The first-order valence-corrected chi connectivity index (χ1v) is 19.5. The monoisotopic (exact) mass is 793 g/mol. The van der Waals surface area contributed by atoms with Gasteiger partial charge in [-0.15, -0.1) is 0 Å². The molecule has 4 amide bonds. The average Bonchev–Trinajstić information content (AvgIpc) is 3.20. The zero-order valence-corrected chi connectivity index (χ0v) is 33.6. The third-order valence-electron chi connectivity index (χ3n) is 9.19. The minimum absolute atomic E-state index is 0.123. The number of hydrogen-bond acceptors (Lipinski definition) is 11. The summed E-state index contributed by atoms with van der Waals surface area (Å²) in [6, 6.07) is 23.3. The fraction of sp³-hybridized carbons (Fsp3) is 0.286. The minimum Gasteiger partial charge on any atom is -0.496 e. The van der Waals surface area contributed by atoms with Crippen LogP contribution >= 0.6 is 11.9 Å². The van der Waals surface area contributed by atoms with Gasteiger partial charge < -0.3 is 49.8 Å². The second kappa shape index (κ2) is 18.2. The molecule has 1 aromatic heterocycles. The van der Waals surface area contributed by atoms with Crippen LogP contribution in [-0.4, -0.2) is 81.1 Å². The number of hydrogen-bond donors (Lipinski definition) is 5. The van der Waals surface area contributed by atoms with Crippen molar-refractivity contribution in [2.75, 3.05) is 74.0 Å². The molecule has 14 nitrogen and oxygen atoms in total. The number of aromatic nitrogens is 1. The Kier molecular flexibility index (Phi) is 12.9. The summed E-state index contributed by atoms with van der Waals surface area (Å²) in [4.78, 5) is 45.1. The Hall–Kier alpha value is -6.19. The van der Waals surface area contributed by atoms with E-state index in [1.807, 2.05) is 42.7 Å². The SMILES string of the molecule is COc1cc(Nc2cc(Oc3ccc(NC(=O)Nc4cc(C(C)(C)C)cc(NSC)c4OC)c4ccccc34)ccn2)ccc1C(=O)NCC(=O)N1CCOCC1. The van der Waals surface area contributed by atoms with Crippen molar-refractivity contribution in [2.24, 2.45) is 0 Å². The van der Waals surface area contributed by atoms with Crippen molar-refractivity contribution in [3.63, 3.8) is 0 Å². The van der Waals surface area contributed by atoms with Crippen LogP contribution in [0.1, 0.15) is 36.7 Å². The van der Waals surface area contributed by atoms with Crippen LogP contribution < -0.4 is 40.2 Å². The van der Waals surface area contributed by atoms with Crippen molar-refractivity contribution in [2.45, 2.75) is 26.2 Å². The third kappa shape index (κ3) is 9.98. The van der Waals surface area contributed by atoms with E-state index in [1.54, 1.807) is 60.7 Å². The van der Waals surface area contributed by atoms with Crippen molar-refractivity contribution < 1.29 is 33.3 Å². The number of anilines is 5. The zero-order valence-electron chi connectivity index (χ0n) is 32.8. The molecule has 0 radical (unpaired) electrons. The summed E-state index contributed by atoms with van der Waals surface area (Å²) in [7, 11) is 3.05. The predicted octanol–water partition coefficient (Wildman–Crippen LogP) is 8.01. The summed E-state index contributed by atoms with van der Waals surface area (Å²) in [5.41, 5.74) is 3.67. The van der Waals surface area contributed by atoms with Crippen LogP contribution in [0, 0.1) is 0 Å². The molecule has 0 spiro atoms. The second-order valence-electron chi connectivity index (χ2n) is 14.1. The highest BCUT2D eigenvalue weighted by atomic mass is 32.2. The van der Waals surface area contributed by atoms with Crippen LogP contribution in [0.4, 0.5) is 33.4 Å². The fourth-order valence-electron chi connectivity index (χ4n) is 6.26. The number of methoxy groups -OCH3 is 2. The molecule has 0 bridgehead atoms. The van der Waals surface area contributed by atoms with Crippen LogP contribution in [-0.2, 0) is 14.9 Å². The minimum atomic E-state index is -0.428. The molecule has 15 heteroatoms. The second-order valence-corrected chi connectivity index (χ2v) is 14.7. The summed E-state index contributed by atoms with van der Waals surface area (Å²) >= 11 is 1.44. The van der Waals surface area contributed by atoms with Crippen molar-refractivity contribution in [1.29, 1.82) is 0 Å². The largest absolute Gasteiger partial charge is 0.496 e. The van der Waals surface area contributed by atoms with Gasteiger partial charge in [-0.2, -0.15) is 0 Å². The molecule has 298 valence electrons. The van der Waals surface area contributed by atoms with E-state index in [2.05, 4.69) is 51.7 Å². The van der Waals surface area contributed by atoms with E-state index in [1.165, 1.54) is 19.1 Å². The van der Waals surface area contributed by atoms with Gasteiger partial charge in [-0.1, -0.05) is 57.0 Å². The Morgan fingerprint density at radius 1 is 0.842 bits per heavy atom. The summed E-state index contributed by atoms with van der Waals surface area (Å²) in [5.74, 6) is 1.84. The Labute approximate surface area is 336 Å². The number of amides is 4. The molecule has 0 aliphatic carbocycles. The molecule has 0 saturated carbocycles. The number of nitrogens with zero attached hydrogens (tertiary/aromatic N) is 2. The van der Waals surface area contributed by atoms with Gasteiger partial charge in [0.1, 0.15) is 23.1 Å². The highest BCUT2D eigenvalue weighted by Gasteiger charge is 2.22. The van der Waals surface area contributed by atoms with Gasteiger partial charge in [0.15, 0.2) is 5.75 Å². The Morgan fingerprint density at radius 3 is 2.30 bits per heavy atom. The number of fused-ring (bicyclic) bond motifs is 1. The van der Waals surface area contributed by atoms with Crippen LogP contribution in [0.5, 0.6) is 23.0 Å². The number of pyridine rings is 1. The average molecular weight is 794 g/mol. The number of ether oxygens (including phenoxy) is 4. The molecule has 1 aliphatic heterocycles. The normalized spacial score (nSPS) is 12.7. The standard InChI is InChI=1S/C42H47N7O7S/c1-42(2,3)26-21-33(39(54-5)34(22-26)48-57-6)47-41(52)46-32-13-14-35(30-10-8-7-9-29(30)32)56-28-15-16-43-37(24-28)45-27-11-12-31(36(23-27)53-4)40(51)44-25-38(50)49-17-19-55-20-18-49/h7-16,21-24,48H,17-20,25H2,1-6H3,(H,43,45)(H,44,51)(H2,46,47,52). The van der Waals surface area contributed by atoms with Crippen LogP contribution in [0.25, 0.3) is 10.8 Å². The lowest BCUT2D eigenvalue weighted by Crippen LogP contribution is -2.45. The number of rotatable bonds is 13. The smallest absolute Gasteiger partial charge is 0.323 e. The topological polar surface area (TPSA) is 164 Å². The predicted molar refractivity (Wildman–Crippen MR) is 226 cm³/mol. The molecule has 1 fully saturated rings. The maximum atomic E-state index is 13.5. The molecule has 0 atom stereocenters. The van der Waals surface area contributed by atoms with Gasteiger partial charge in [-0.25, -0.2) is 9.78 Å². The van der Waals surface area contributed by atoms with Crippen molar-refractivity contribution in [3.05, 3.63) is 96.2 Å². The van der Waals surface area contributed by atoms with E-state index >= 15 is 0 Å². The number of benzene rings is 4. The molecule has 1 aliphatic rings. The van der Waals surface area contributed by atoms with Crippen LogP contribution in [0.2, 0.25) is 0 Å². The molecular weight excluding hydrogens is 747 g/mol. The maximum absolute atomic E-state index is 13.5. The molecule has 6 rings (SSSR count). The van der Waals surface area contributed by atoms with Gasteiger partial charge in [0, 0.05) is 54.1 Å². The summed E-state index contributed by atoms with van der Waals surface area (Å²) in [6.07, 6.45) is 3.54. The van der Waals surface area contributed by atoms with Crippen molar-refractivity contribution >= 4 is 69.1 Å². The molecular formula is C42H47N7O7S. The lowest BCUT2D eigenvalue weighted by molar-refractivity contribution is -0.134. The van der Waals surface area contributed by atoms with Gasteiger partial charge in [0.25, 0.3) is 5.91 Å². The van der Waals surface area contributed by atoms with Gasteiger partial charge in [0.2, 0.25) is 5.91 Å². The van der Waals surface area contributed by atoms with Crippen LogP contribution in [0.3, 0.4) is 0 Å². The van der Waals surface area contributed by atoms with Gasteiger partial charge in [-0.3, -0.25) is 9.59 Å². The van der Waals surface area contributed by atoms with E-state index in [9.17, 15) is 14.4 Å². The molecule has 0 unspecified atom stereocenters. The van der Waals surface area contributed by atoms with Crippen LogP contribution in [0.15, 0.2) is 85.1 Å². The van der Waals surface area contributed by atoms with E-state index in [4.69, 9.17) is 18.9 Å². The fourth-order valence-corrected chi connectivity index (χ4v) is 6.63. The third-order valence-corrected chi connectivity index (χ3v) is 9.62. The first-order valence-electron chi connectivity index (χ1n) is 18.3. The van der Waals surface area contributed by atoms with Crippen molar-refractivity contribution in [3.8, 4) is 23.0 Å². The molecule has 4 aromatic carbocycles. The van der Waals surface area contributed by atoms with Gasteiger partial charge >= 0.3 is 6.03 Å². The first-order chi connectivity index (χ1) is 27.5. The molecule has 5 aromatic rings. The molecule has 5 N–H and O–H groups in total. The van der Waals surface area contributed by atoms with Crippen molar-refractivity contribution in [1.82, 2.24) is 15.2 Å². The Bertz CT molecular complexity index is 2260. The number of carbonyl (C=O) groups excluding carboxylic acids is 3. The summed E-state index contributed by atoms with van der Waals surface area (Å²) in [6.45, 7) is 8.19. The Balaban J connectivity index is 1.14. The molecule has 57 heavy (non-hydrogen) atoms. The van der Waals surface area contributed by atoms with E-state index in [-0.39, 0.29) is 23.4 Å². The van der Waals surface area contributed by atoms with E-state index in [0.29, 0.717) is 72.2 Å². The highest BCUT2D eigenvalue weighted by Crippen LogP contribution is 2.40. The lowest BCUT2D eigenvalue weighted by Gasteiger charge is -2.26. The van der Waals surface area contributed by atoms with Gasteiger partial charge in [0.05, 0.1) is 56.6 Å². The number of morpholine rings is 1. The quantitative estimate of drug-likeness (QED) is 0.0734. The zero-order chi connectivity index (χ0) is 40.5. The van der Waals surface area contributed by atoms with E-state index in [0.717, 1.165) is 22.0 Å². The van der Waals surface area contributed by atoms with Gasteiger partial charge in [-0.05, 0) is 53.4 Å².